The molecule has 0 aromatic heterocycles. The topological polar surface area (TPSA) is 95.9 Å². The molecule has 34 heavy (non-hydrogen) atoms. The van der Waals surface area contributed by atoms with Gasteiger partial charge in [0, 0.05) is 25.4 Å². The fourth-order valence-electron chi connectivity index (χ4n) is 4.76. The Morgan fingerprint density at radius 1 is 1.03 bits per heavy atom. The van der Waals surface area contributed by atoms with Crippen LogP contribution in [0.4, 0.5) is 4.79 Å². The van der Waals surface area contributed by atoms with Crippen LogP contribution in [0.3, 0.4) is 0 Å². The maximum Gasteiger partial charge on any atom is 0.408 e. The molecule has 0 radical (unpaired) electrons. The van der Waals surface area contributed by atoms with Crippen LogP contribution in [-0.4, -0.2) is 53.2 Å². The molecule has 3 rings (SSSR count). The second-order valence-corrected chi connectivity index (χ2v) is 8.91. The summed E-state index contributed by atoms with van der Waals surface area (Å²) in [5.41, 5.74) is 3.42. The molecule has 0 bridgehead atoms. The van der Waals surface area contributed by atoms with Crippen molar-refractivity contribution in [1.82, 2.24) is 10.2 Å². The van der Waals surface area contributed by atoms with Crippen molar-refractivity contribution in [2.24, 2.45) is 0 Å². The molecule has 0 spiro atoms. The Morgan fingerprint density at radius 2 is 1.62 bits per heavy atom. The highest BCUT2D eigenvalue weighted by molar-refractivity contribution is 5.89. The summed E-state index contributed by atoms with van der Waals surface area (Å²) in [5, 5.41) is 11.7. The van der Waals surface area contributed by atoms with Crippen molar-refractivity contribution in [3.8, 4) is 11.1 Å². The highest BCUT2D eigenvalue weighted by atomic mass is 16.5. The van der Waals surface area contributed by atoms with E-state index in [9.17, 15) is 14.4 Å². The van der Waals surface area contributed by atoms with Gasteiger partial charge in [-0.3, -0.25) is 9.59 Å². The molecule has 7 heteroatoms. The standard InChI is InChI=1S/C27H34N2O5/c1-4-16-27(3,25(32)29(5-2)17-10-15-24(30)31)28-26(33)34-18-23-21-13-8-6-11-19(21)20-12-7-9-14-22(20)23/h6-9,11-14,23H,4-5,10,15-18H2,1-3H3,(H,28,33)(H,30,31). The molecule has 1 unspecified atom stereocenters. The lowest BCUT2D eigenvalue weighted by Crippen LogP contribution is -2.58. The van der Waals surface area contributed by atoms with E-state index in [0.717, 1.165) is 22.3 Å². The Kier molecular flexibility index (Phi) is 8.31. The number of alkyl carbamates (subject to hydrolysis) is 1. The van der Waals surface area contributed by atoms with E-state index in [4.69, 9.17) is 9.84 Å². The van der Waals surface area contributed by atoms with Gasteiger partial charge in [-0.05, 0) is 48.9 Å². The lowest BCUT2D eigenvalue weighted by molar-refractivity contribution is -0.140. The SMILES string of the molecule is CCCC(C)(NC(=O)OCC1c2ccccc2-c2ccccc21)C(=O)N(CC)CCCC(=O)O. The van der Waals surface area contributed by atoms with Crippen molar-refractivity contribution in [3.63, 3.8) is 0 Å². The molecule has 1 aliphatic carbocycles. The second kappa shape index (κ2) is 11.2. The summed E-state index contributed by atoms with van der Waals surface area (Å²) in [6, 6.07) is 16.2. The Labute approximate surface area is 201 Å². The van der Waals surface area contributed by atoms with E-state index in [2.05, 4.69) is 29.6 Å². The number of hydrogen-bond acceptors (Lipinski definition) is 4. The minimum Gasteiger partial charge on any atom is -0.481 e. The van der Waals surface area contributed by atoms with Crippen molar-refractivity contribution >= 4 is 18.0 Å². The molecular weight excluding hydrogens is 432 g/mol. The van der Waals surface area contributed by atoms with Gasteiger partial charge in [0.1, 0.15) is 12.1 Å². The average molecular weight is 467 g/mol. The smallest absolute Gasteiger partial charge is 0.408 e. The van der Waals surface area contributed by atoms with Crippen molar-refractivity contribution in [1.29, 1.82) is 0 Å². The summed E-state index contributed by atoms with van der Waals surface area (Å²) in [7, 11) is 0. The van der Waals surface area contributed by atoms with Gasteiger partial charge in [0.05, 0.1) is 0 Å². The highest BCUT2D eigenvalue weighted by Gasteiger charge is 2.38. The zero-order valence-electron chi connectivity index (χ0n) is 20.2. The summed E-state index contributed by atoms with van der Waals surface area (Å²) in [6.45, 7) is 6.44. The third-order valence-corrected chi connectivity index (χ3v) is 6.43. The predicted molar refractivity (Wildman–Crippen MR) is 131 cm³/mol. The molecule has 2 aromatic carbocycles. The van der Waals surface area contributed by atoms with Gasteiger partial charge in [0.15, 0.2) is 0 Å². The third kappa shape index (κ3) is 5.58. The second-order valence-electron chi connectivity index (χ2n) is 8.91. The van der Waals surface area contributed by atoms with Crippen molar-refractivity contribution in [2.45, 2.75) is 57.9 Å². The minimum atomic E-state index is -1.13. The largest absolute Gasteiger partial charge is 0.481 e. The Hall–Kier alpha value is -3.35. The van der Waals surface area contributed by atoms with Crippen molar-refractivity contribution < 1.29 is 24.2 Å². The van der Waals surface area contributed by atoms with Crippen LogP contribution in [0.5, 0.6) is 0 Å². The van der Waals surface area contributed by atoms with E-state index < -0.39 is 17.6 Å². The quantitative estimate of drug-likeness (QED) is 0.496. The minimum absolute atomic E-state index is 0.00587. The normalized spacial score (nSPS) is 14.0. The van der Waals surface area contributed by atoms with Crippen LogP contribution >= 0.6 is 0 Å². The van der Waals surface area contributed by atoms with Crippen LogP contribution in [0.15, 0.2) is 48.5 Å². The number of carbonyl (C=O) groups excluding carboxylic acids is 2. The van der Waals surface area contributed by atoms with Crippen LogP contribution in [0.2, 0.25) is 0 Å². The summed E-state index contributed by atoms with van der Waals surface area (Å²) in [6.07, 6.45) is 0.868. The molecule has 7 nitrogen and oxygen atoms in total. The van der Waals surface area contributed by atoms with E-state index in [-0.39, 0.29) is 24.9 Å². The molecule has 2 amide bonds. The number of likely N-dealkylation sites (N-methyl/N-ethyl adjacent to an activating group) is 1. The number of ether oxygens (including phenoxy) is 1. The van der Waals surface area contributed by atoms with Crippen LogP contribution in [-0.2, 0) is 14.3 Å². The Morgan fingerprint density at radius 3 is 2.15 bits per heavy atom. The molecule has 0 fully saturated rings. The molecule has 0 saturated heterocycles. The number of aliphatic carboxylic acids is 1. The number of carboxylic acid groups (broad SMARTS) is 1. The van der Waals surface area contributed by atoms with Crippen molar-refractivity contribution in [2.75, 3.05) is 19.7 Å². The number of fused-ring (bicyclic) bond motifs is 3. The summed E-state index contributed by atoms with van der Waals surface area (Å²) < 4.78 is 5.66. The number of hydrogen-bond donors (Lipinski definition) is 2. The number of nitrogens with one attached hydrogen (secondary N) is 1. The number of rotatable bonds is 11. The fraction of sp³-hybridized carbons (Fsp3) is 0.444. The molecule has 1 aliphatic rings. The van der Waals surface area contributed by atoms with Crippen LogP contribution in [0, 0.1) is 0 Å². The molecule has 0 aliphatic heterocycles. The highest BCUT2D eigenvalue weighted by Crippen LogP contribution is 2.44. The summed E-state index contributed by atoms with van der Waals surface area (Å²) in [4.78, 5) is 38.6. The van der Waals surface area contributed by atoms with Gasteiger partial charge >= 0.3 is 12.1 Å². The first kappa shape index (κ1) is 25.3. The maximum atomic E-state index is 13.3. The first-order valence-electron chi connectivity index (χ1n) is 11.9. The zero-order chi connectivity index (χ0) is 24.7. The molecule has 1 atom stereocenters. The van der Waals surface area contributed by atoms with Crippen LogP contribution in [0.25, 0.3) is 11.1 Å². The lowest BCUT2D eigenvalue weighted by atomic mass is 9.94. The van der Waals surface area contributed by atoms with E-state index in [1.807, 2.05) is 38.1 Å². The van der Waals surface area contributed by atoms with Crippen LogP contribution < -0.4 is 5.32 Å². The van der Waals surface area contributed by atoms with Gasteiger partial charge in [-0.25, -0.2) is 4.79 Å². The average Bonchev–Trinajstić information content (AvgIpc) is 3.14. The molecule has 2 aromatic rings. The Bertz CT molecular complexity index is 992. The van der Waals surface area contributed by atoms with E-state index >= 15 is 0 Å². The molecule has 0 heterocycles. The number of nitrogens with zero attached hydrogens (tertiary/aromatic N) is 1. The lowest BCUT2D eigenvalue weighted by Gasteiger charge is -2.34. The Balaban J connectivity index is 1.68. The fourth-order valence-corrected chi connectivity index (χ4v) is 4.76. The van der Waals surface area contributed by atoms with Gasteiger partial charge in [-0.1, -0.05) is 61.9 Å². The van der Waals surface area contributed by atoms with E-state index in [1.54, 1.807) is 11.8 Å². The van der Waals surface area contributed by atoms with Gasteiger partial charge in [-0.15, -0.1) is 0 Å². The summed E-state index contributed by atoms with van der Waals surface area (Å²) in [5.74, 6) is -1.18. The van der Waals surface area contributed by atoms with E-state index in [0.29, 0.717) is 32.4 Å². The first-order valence-corrected chi connectivity index (χ1v) is 11.9. The third-order valence-electron chi connectivity index (χ3n) is 6.43. The number of carbonyl (C=O) groups is 3. The van der Waals surface area contributed by atoms with Crippen molar-refractivity contribution in [3.05, 3.63) is 59.7 Å². The van der Waals surface area contributed by atoms with Gasteiger partial charge in [-0.2, -0.15) is 0 Å². The first-order chi connectivity index (χ1) is 16.3. The summed E-state index contributed by atoms with van der Waals surface area (Å²) >= 11 is 0. The molecule has 2 N–H and O–H groups in total. The molecule has 182 valence electrons. The van der Waals surface area contributed by atoms with E-state index in [1.165, 1.54) is 0 Å². The number of carboxylic acids is 1. The molecule has 0 saturated carbocycles. The number of amides is 2. The number of benzene rings is 2. The van der Waals surface area contributed by atoms with Crippen LogP contribution in [0.1, 0.15) is 63.5 Å². The zero-order valence-corrected chi connectivity index (χ0v) is 20.2. The van der Waals surface area contributed by atoms with Gasteiger partial charge in [0.2, 0.25) is 5.91 Å². The van der Waals surface area contributed by atoms with Gasteiger partial charge in [0.25, 0.3) is 0 Å². The predicted octanol–water partition coefficient (Wildman–Crippen LogP) is 4.80. The molecular formula is C27H34N2O5. The maximum absolute atomic E-state index is 13.3. The van der Waals surface area contributed by atoms with Gasteiger partial charge < -0.3 is 20.1 Å². The monoisotopic (exact) mass is 466 g/mol.